The van der Waals surface area contributed by atoms with Gasteiger partial charge in [-0.25, -0.2) is 0 Å². The van der Waals surface area contributed by atoms with Gasteiger partial charge in [0.1, 0.15) is 0 Å². The van der Waals surface area contributed by atoms with Crippen molar-refractivity contribution in [1.82, 2.24) is 5.32 Å². The fraction of sp³-hybridized carbons (Fsp3) is 1.00. The summed E-state index contributed by atoms with van der Waals surface area (Å²) in [5, 5.41) is 13.1. The number of nitrogens with one attached hydrogen (secondary N) is 1. The first-order chi connectivity index (χ1) is 5.41. The standard InChI is InChI=1S/C10H21NO/c1-7-5-6-9(7)11-8(2)10(3,4)12/h7-9,11-12H,5-6H2,1-4H3. The van der Waals surface area contributed by atoms with Crippen LogP contribution in [-0.2, 0) is 0 Å². The molecule has 0 heterocycles. The molecule has 0 aliphatic heterocycles. The summed E-state index contributed by atoms with van der Waals surface area (Å²) >= 11 is 0. The molecule has 0 aromatic rings. The molecule has 1 aliphatic carbocycles. The Kier molecular flexibility index (Phi) is 2.79. The van der Waals surface area contributed by atoms with Crippen LogP contribution >= 0.6 is 0 Å². The Morgan fingerprint density at radius 3 is 2.25 bits per heavy atom. The summed E-state index contributed by atoms with van der Waals surface area (Å²) in [5.74, 6) is 0.787. The lowest BCUT2D eigenvalue weighted by molar-refractivity contribution is 0.0291. The van der Waals surface area contributed by atoms with Crippen LogP contribution in [0.5, 0.6) is 0 Å². The lowest BCUT2D eigenvalue weighted by Gasteiger charge is -2.39. The zero-order valence-electron chi connectivity index (χ0n) is 8.59. The molecule has 0 saturated heterocycles. The minimum atomic E-state index is -0.602. The first-order valence-electron chi connectivity index (χ1n) is 4.89. The lowest BCUT2D eigenvalue weighted by atomic mass is 9.80. The van der Waals surface area contributed by atoms with Crippen molar-refractivity contribution in [3.05, 3.63) is 0 Å². The van der Waals surface area contributed by atoms with E-state index in [1.54, 1.807) is 0 Å². The second-order valence-electron chi connectivity index (χ2n) is 4.70. The molecule has 3 atom stereocenters. The molecule has 0 aromatic carbocycles. The molecule has 1 saturated carbocycles. The summed E-state index contributed by atoms with van der Waals surface area (Å²) in [4.78, 5) is 0. The highest BCUT2D eigenvalue weighted by atomic mass is 16.3. The molecule has 0 radical (unpaired) electrons. The van der Waals surface area contributed by atoms with Crippen molar-refractivity contribution in [2.45, 2.75) is 58.2 Å². The van der Waals surface area contributed by atoms with Crippen LogP contribution in [0.3, 0.4) is 0 Å². The highest BCUT2D eigenvalue weighted by molar-refractivity contribution is 4.89. The fourth-order valence-electron chi connectivity index (χ4n) is 1.44. The molecule has 0 spiro atoms. The van der Waals surface area contributed by atoms with Gasteiger partial charge in [0.25, 0.3) is 0 Å². The van der Waals surface area contributed by atoms with E-state index in [0.29, 0.717) is 6.04 Å². The average Bonchev–Trinajstić information content (AvgIpc) is 1.95. The largest absolute Gasteiger partial charge is 0.389 e. The summed E-state index contributed by atoms with van der Waals surface area (Å²) in [7, 11) is 0. The van der Waals surface area contributed by atoms with Gasteiger partial charge in [-0.2, -0.15) is 0 Å². The van der Waals surface area contributed by atoms with Gasteiger partial charge in [0.15, 0.2) is 0 Å². The van der Waals surface area contributed by atoms with Crippen molar-refractivity contribution in [2.75, 3.05) is 0 Å². The predicted octanol–water partition coefficient (Wildman–Crippen LogP) is 1.53. The Labute approximate surface area is 75.4 Å². The van der Waals surface area contributed by atoms with E-state index in [-0.39, 0.29) is 6.04 Å². The molecule has 0 aromatic heterocycles. The average molecular weight is 171 g/mol. The van der Waals surface area contributed by atoms with Crippen molar-refractivity contribution < 1.29 is 5.11 Å². The van der Waals surface area contributed by atoms with E-state index in [1.807, 2.05) is 20.8 Å². The highest BCUT2D eigenvalue weighted by Gasteiger charge is 2.31. The molecule has 0 amide bonds. The van der Waals surface area contributed by atoms with Gasteiger partial charge < -0.3 is 10.4 Å². The maximum atomic E-state index is 9.68. The van der Waals surface area contributed by atoms with Crippen LogP contribution < -0.4 is 5.32 Å². The monoisotopic (exact) mass is 171 g/mol. The van der Waals surface area contributed by atoms with Gasteiger partial charge in [0.2, 0.25) is 0 Å². The first kappa shape index (κ1) is 10.0. The molecular weight excluding hydrogens is 150 g/mol. The van der Waals surface area contributed by atoms with E-state index in [1.165, 1.54) is 12.8 Å². The van der Waals surface area contributed by atoms with Crippen LogP contribution in [-0.4, -0.2) is 22.8 Å². The molecule has 2 nitrogen and oxygen atoms in total. The molecule has 72 valence electrons. The second-order valence-corrected chi connectivity index (χ2v) is 4.70. The van der Waals surface area contributed by atoms with E-state index in [0.717, 1.165) is 5.92 Å². The van der Waals surface area contributed by atoms with Crippen LogP contribution in [0.15, 0.2) is 0 Å². The van der Waals surface area contributed by atoms with Gasteiger partial charge >= 0.3 is 0 Å². The van der Waals surface area contributed by atoms with E-state index >= 15 is 0 Å². The van der Waals surface area contributed by atoms with Crippen molar-refractivity contribution >= 4 is 0 Å². The maximum Gasteiger partial charge on any atom is 0.0741 e. The van der Waals surface area contributed by atoms with Crippen LogP contribution in [0.4, 0.5) is 0 Å². The van der Waals surface area contributed by atoms with Crippen molar-refractivity contribution in [3.8, 4) is 0 Å². The lowest BCUT2D eigenvalue weighted by Crippen LogP contribution is -2.53. The minimum absolute atomic E-state index is 0.185. The Bertz CT molecular complexity index is 150. The Morgan fingerprint density at radius 2 is 2.00 bits per heavy atom. The highest BCUT2D eigenvalue weighted by Crippen LogP contribution is 2.27. The van der Waals surface area contributed by atoms with E-state index in [9.17, 15) is 5.11 Å². The Morgan fingerprint density at radius 1 is 1.42 bits per heavy atom. The summed E-state index contributed by atoms with van der Waals surface area (Å²) in [6.07, 6.45) is 2.60. The SMILES string of the molecule is CC1CCC1NC(C)C(C)(C)O. The minimum Gasteiger partial charge on any atom is -0.389 e. The van der Waals surface area contributed by atoms with Gasteiger partial charge in [-0.05, 0) is 39.5 Å². The molecule has 0 bridgehead atoms. The van der Waals surface area contributed by atoms with E-state index in [2.05, 4.69) is 12.2 Å². The third-order valence-electron chi connectivity index (χ3n) is 3.14. The van der Waals surface area contributed by atoms with Crippen molar-refractivity contribution in [2.24, 2.45) is 5.92 Å². The molecule has 2 N–H and O–H groups in total. The third kappa shape index (κ3) is 2.20. The zero-order valence-corrected chi connectivity index (χ0v) is 8.59. The van der Waals surface area contributed by atoms with Gasteiger partial charge in [-0.3, -0.25) is 0 Å². The molecule has 12 heavy (non-hydrogen) atoms. The molecule has 1 fully saturated rings. The third-order valence-corrected chi connectivity index (χ3v) is 3.14. The van der Waals surface area contributed by atoms with Crippen LogP contribution in [0.1, 0.15) is 40.5 Å². The van der Waals surface area contributed by atoms with Gasteiger partial charge in [0.05, 0.1) is 5.60 Å². The second kappa shape index (κ2) is 3.35. The van der Waals surface area contributed by atoms with E-state index < -0.39 is 5.60 Å². The Hall–Kier alpha value is -0.0800. The number of hydrogen-bond donors (Lipinski definition) is 2. The van der Waals surface area contributed by atoms with Gasteiger partial charge in [-0.15, -0.1) is 0 Å². The quantitative estimate of drug-likeness (QED) is 0.675. The van der Waals surface area contributed by atoms with Crippen LogP contribution in [0.2, 0.25) is 0 Å². The zero-order chi connectivity index (χ0) is 9.35. The summed E-state index contributed by atoms with van der Waals surface area (Å²) in [6.45, 7) is 8.02. The molecule has 2 heteroatoms. The van der Waals surface area contributed by atoms with Crippen LogP contribution in [0.25, 0.3) is 0 Å². The van der Waals surface area contributed by atoms with Crippen molar-refractivity contribution in [3.63, 3.8) is 0 Å². The molecule has 1 aliphatic rings. The molecule has 1 rings (SSSR count). The number of aliphatic hydroxyl groups is 1. The normalized spacial score (nSPS) is 32.8. The molecule has 3 unspecified atom stereocenters. The summed E-state index contributed by atoms with van der Waals surface area (Å²) in [6, 6.07) is 0.816. The van der Waals surface area contributed by atoms with Gasteiger partial charge in [-0.1, -0.05) is 6.92 Å². The number of hydrogen-bond acceptors (Lipinski definition) is 2. The van der Waals surface area contributed by atoms with E-state index in [4.69, 9.17) is 0 Å². The topological polar surface area (TPSA) is 32.3 Å². The fourth-order valence-corrected chi connectivity index (χ4v) is 1.44. The van der Waals surface area contributed by atoms with Crippen LogP contribution in [0, 0.1) is 5.92 Å². The first-order valence-corrected chi connectivity index (χ1v) is 4.89. The summed E-state index contributed by atoms with van der Waals surface area (Å²) in [5.41, 5.74) is -0.602. The smallest absolute Gasteiger partial charge is 0.0741 e. The predicted molar refractivity (Wildman–Crippen MR) is 51.1 cm³/mol. The Balaban J connectivity index is 2.31. The van der Waals surface area contributed by atoms with Gasteiger partial charge in [0, 0.05) is 12.1 Å². The number of rotatable bonds is 3. The van der Waals surface area contributed by atoms with Crippen molar-refractivity contribution in [1.29, 1.82) is 0 Å². The molecular formula is C10H21NO. The maximum absolute atomic E-state index is 9.68. The summed E-state index contributed by atoms with van der Waals surface area (Å²) < 4.78 is 0.